The zero-order chi connectivity index (χ0) is 13.7. The lowest BCUT2D eigenvalue weighted by Crippen LogP contribution is -3.00. The van der Waals surface area contributed by atoms with E-state index in [0.29, 0.717) is 0 Å². The van der Waals surface area contributed by atoms with Crippen molar-refractivity contribution in [1.29, 1.82) is 0 Å². The zero-order valence-electron chi connectivity index (χ0n) is 12.1. The summed E-state index contributed by atoms with van der Waals surface area (Å²) in [5.41, 5.74) is 2.59. The number of nitrogens with zero attached hydrogens (tertiary/aromatic N) is 2. The number of aromatic nitrogens is 2. The molecule has 0 aliphatic rings. The van der Waals surface area contributed by atoms with Gasteiger partial charge in [0.15, 0.2) is 0 Å². The Labute approximate surface area is 172 Å². The molecule has 0 aliphatic heterocycles. The molecule has 0 unspecified atom stereocenters. The Balaban J connectivity index is 0.00000132. The first-order valence-corrected chi connectivity index (χ1v) is 8.14. The molecule has 130 valence electrons. The molecule has 0 saturated carbocycles. The maximum absolute atomic E-state index is 2.30. The summed E-state index contributed by atoms with van der Waals surface area (Å²) < 4.78 is 7.26. The maximum atomic E-state index is 2.30. The molecule has 0 fully saturated rings. The van der Waals surface area contributed by atoms with E-state index >= 15 is 0 Å². The molecule has 0 radical (unpaired) electrons. The van der Waals surface area contributed by atoms with Crippen molar-refractivity contribution in [2.24, 2.45) is 14.1 Å². The fourth-order valence-corrected chi connectivity index (χ4v) is 5.08. The molecule has 6 heteroatoms. The molecule has 0 bridgehead atoms. The van der Waals surface area contributed by atoms with Crippen LogP contribution >= 0.6 is 22.7 Å². The molecule has 0 spiro atoms. The van der Waals surface area contributed by atoms with Gasteiger partial charge in [-0.3, -0.25) is 0 Å². The highest BCUT2D eigenvalue weighted by atomic mass is 79.9. The second-order valence-electron chi connectivity index (χ2n) is 4.87. The van der Waals surface area contributed by atoms with Crippen LogP contribution in [0.2, 0.25) is 0 Å². The van der Waals surface area contributed by atoms with Gasteiger partial charge in [-0.1, -0.05) is 61.8 Å². The van der Waals surface area contributed by atoms with Gasteiger partial charge >= 0.3 is 10.0 Å². The predicted molar refractivity (Wildman–Crippen MR) is 98.5 cm³/mol. The summed E-state index contributed by atoms with van der Waals surface area (Å²) in [6.45, 7) is 0. The van der Waals surface area contributed by atoms with E-state index in [4.69, 9.17) is 0 Å². The third kappa shape index (κ3) is 3.57. The number of halogens is 2. The largest absolute Gasteiger partial charge is 1.00 e. The fraction of sp³-hybridized carbons (Fsp3) is 0.222. The minimum Gasteiger partial charge on any atom is -1.00 e. The third-order valence-corrected chi connectivity index (χ3v) is 6.24. The van der Waals surface area contributed by atoms with Crippen molar-refractivity contribution in [2.75, 3.05) is 0 Å². The summed E-state index contributed by atoms with van der Waals surface area (Å²) >= 11 is 3.72. The second-order valence-corrected chi connectivity index (χ2v) is 6.93. The zero-order valence-corrected chi connectivity index (χ0v) is 16.9. The molecule has 0 atom stereocenters. The summed E-state index contributed by atoms with van der Waals surface area (Å²) in [6, 6.07) is 17.2. The van der Waals surface area contributed by atoms with Gasteiger partial charge in [0.05, 0.1) is 0 Å². The lowest BCUT2D eigenvalue weighted by Gasteiger charge is -1.88. The molecule has 2 heterocycles. The molecule has 0 saturated heterocycles. The van der Waals surface area contributed by atoms with Crippen LogP contribution in [0.1, 0.15) is 14.9 Å². The molecule has 24 heavy (non-hydrogen) atoms. The Morgan fingerprint density at radius 2 is 0.958 bits per heavy atom. The van der Waals surface area contributed by atoms with Crippen molar-refractivity contribution >= 4 is 43.1 Å². The number of para-hydroxylation sites is 2. The van der Waals surface area contributed by atoms with E-state index in [-0.39, 0.29) is 48.8 Å². The van der Waals surface area contributed by atoms with Gasteiger partial charge in [0.1, 0.15) is 23.5 Å². The smallest absolute Gasteiger partial charge is 0.346 e. The second kappa shape index (κ2) is 9.04. The number of aryl methyl sites for hydroxylation is 2. The summed E-state index contributed by atoms with van der Waals surface area (Å²) in [4.78, 5) is 0. The van der Waals surface area contributed by atoms with E-state index in [9.17, 15) is 0 Å². The minimum absolute atomic E-state index is 0. The van der Waals surface area contributed by atoms with Crippen LogP contribution in [-0.4, -0.2) is 0 Å². The molecule has 4 rings (SSSR count). The molecule has 4 aromatic rings. The Bertz CT molecular complexity index is 867. The van der Waals surface area contributed by atoms with Crippen molar-refractivity contribution in [3.05, 3.63) is 48.5 Å². The Hall–Kier alpha value is -0.820. The number of hydrogen-bond donors (Lipinski definition) is 0. The quantitative estimate of drug-likeness (QED) is 0.294. The number of hydrogen-bond acceptors (Lipinski definition) is 2. The molecule has 0 N–H and O–H groups in total. The van der Waals surface area contributed by atoms with Crippen LogP contribution in [0.15, 0.2) is 48.5 Å². The van der Waals surface area contributed by atoms with E-state index in [1.54, 1.807) is 0 Å². The Kier molecular flexibility index (Phi) is 8.73. The summed E-state index contributed by atoms with van der Waals surface area (Å²) in [6.07, 6.45) is 0. The molecule has 2 nitrogen and oxygen atoms in total. The molecular formula is C18H22Br2N2S2. The topological polar surface area (TPSA) is 7.76 Å². The van der Waals surface area contributed by atoms with E-state index in [1.165, 1.54) is 30.4 Å². The maximum Gasteiger partial charge on any atom is 0.346 e. The molecule has 2 aromatic heterocycles. The number of rotatable bonds is 1. The summed E-state index contributed by atoms with van der Waals surface area (Å²) in [5.74, 6) is 0. The van der Waals surface area contributed by atoms with E-state index in [0.717, 1.165) is 0 Å². The summed E-state index contributed by atoms with van der Waals surface area (Å²) in [7, 11) is 4.30. The lowest BCUT2D eigenvalue weighted by molar-refractivity contribution is -0.658. The van der Waals surface area contributed by atoms with Crippen molar-refractivity contribution in [2.45, 2.75) is 14.9 Å². The van der Waals surface area contributed by atoms with Gasteiger partial charge < -0.3 is 34.0 Å². The number of benzene rings is 2. The SMILES string of the molecule is C.C.C[n+]1c(-c2sc3ccccc3[n+]2C)sc2ccccc21.[Br-].[Br-]. The third-order valence-electron chi connectivity index (χ3n) is 3.66. The minimum atomic E-state index is 0. The van der Waals surface area contributed by atoms with Crippen LogP contribution < -0.4 is 43.1 Å². The van der Waals surface area contributed by atoms with Crippen molar-refractivity contribution in [3.63, 3.8) is 0 Å². The highest BCUT2D eigenvalue weighted by molar-refractivity contribution is 7.27. The highest BCUT2D eigenvalue weighted by Crippen LogP contribution is 2.32. The average Bonchev–Trinajstić information content (AvgIpc) is 2.98. The number of thiazole rings is 2. The first-order valence-electron chi connectivity index (χ1n) is 6.51. The van der Waals surface area contributed by atoms with Gasteiger partial charge in [-0.15, -0.1) is 0 Å². The first-order chi connectivity index (χ1) is 9.75. The van der Waals surface area contributed by atoms with Crippen LogP contribution in [0, 0.1) is 0 Å². The van der Waals surface area contributed by atoms with Gasteiger partial charge in [0, 0.05) is 12.1 Å². The van der Waals surface area contributed by atoms with Gasteiger partial charge in [0.2, 0.25) is 11.0 Å². The van der Waals surface area contributed by atoms with Crippen LogP contribution in [0.25, 0.3) is 30.4 Å². The van der Waals surface area contributed by atoms with Gasteiger partial charge in [-0.2, -0.15) is 9.13 Å². The molecule has 0 amide bonds. The average molecular weight is 490 g/mol. The summed E-state index contributed by atoms with van der Waals surface area (Å²) in [5, 5.41) is 2.63. The highest BCUT2D eigenvalue weighted by Gasteiger charge is 2.29. The van der Waals surface area contributed by atoms with Crippen molar-refractivity contribution < 1.29 is 43.1 Å². The van der Waals surface area contributed by atoms with Gasteiger partial charge in [-0.25, -0.2) is 0 Å². The Morgan fingerprint density at radius 1 is 0.625 bits per heavy atom. The standard InChI is InChI=1S/C16H14N2S2.2CH4.2BrH/c1-17-11-7-3-5-9-13(11)19-15(17)16-18(2)12-8-4-6-10-14(12)20-16;;;;/h3-10H,1-2H3;2*1H4;2*1H/q+2;;;;/p-2. The van der Waals surface area contributed by atoms with Crippen molar-refractivity contribution in [3.8, 4) is 10.0 Å². The Morgan fingerprint density at radius 3 is 1.29 bits per heavy atom. The molecule has 2 aromatic carbocycles. The van der Waals surface area contributed by atoms with Gasteiger partial charge in [-0.05, 0) is 12.1 Å². The lowest BCUT2D eigenvalue weighted by atomic mass is 10.3. The van der Waals surface area contributed by atoms with Crippen LogP contribution in [0.4, 0.5) is 0 Å². The number of fused-ring (bicyclic) bond motifs is 2. The van der Waals surface area contributed by atoms with Crippen LogP contribution in [0.5, 0.6) is 0 Å². The first kappa shape index (κ1) is 23.2. The van der Waals surface area contributed by atoms with Crippen LogP contribution in [0.3, 0.4) is 0 Å². The van der Waals surface area contributed by atoms with E-state index < -0.39 is 0 Å². The van der Waals surface area contributed by atoms with E-state index in [2.05, 4.69) is 71.8 Å². The normalized spacial score (nSPS) is 9.58. The predicted octanol–water partition coefficient (Wildman–Crippen LogP) is -1.29. The monoisotopic (exact) mass is 488 g/mol. The molecule has 0 aliphatic carbocycles. The fourth-order valence-electron chi connectivity index (χ4n) is 2.58. The van der Waals surface area contributed by atoms with Crippen LogP contribution in [-0.2, 0) is 14.1 Å². The van der Waals surface area contributed by atoms with E-state index in [1.807, 2.05) is 22.7 Å². The van der Waals surface area contributed by atoms with Crippen molar-refractivity contribution in [1.82, 2.24) is 0 Å². The molecular weight excluding hydrogens is 468 g/mol. The van der Waals surface area contributed by atoms with Gasteiger partial charge in [0.25, 0.3) is 0 Å².